The lowest BCUT2D eigenvalue weighted by molar-refractivity contribution is 0.112. The summed E-state index contributed by atoms with van der Waals surface area (Å²) in [5, 5.41) is 0. The van der Waals surface area contributed by atoms with Gasteiger partial charge in [-0.2, -0.15) is 0 Å². The van der Waals surface area contributed by atoms with Crippen LogP contribution in [0.4, 0.5) is 0 Å². The van der Waals surface area contributed by atoms with Crippen molar-refractivity contribution in [2.24, 2.45) is 0 Å². The maximum absolute atomic E-state index is 11.0. The first-order valence-electron chi connectivity index (χ1n) is 10.5. The van der Waals surface area contributed by atoms with Gasteiger partial charge in [0.1, 0.15) is 17.9 Å². The Hall–Kier alpha value is -2.66. The van der Waals surface area contributed by atoms with Crippen molar-refractivity contribution in [3.05, 3.63) is 53.9 Å². The van der Waals surface area contributed by atoms with Gasteiger partial charge < -0.3 is 9.64 Å². The van der Waals surface area contributed by atoms with Gasteiger partial charge in [0.05, 0.1) is 18.1 Å². The van der Waals surface area contributed by atoms with Gasteiger partial charge in [-0.15, -0.1) is 0 Å². The van der Waals surface area contributed by atoms with Gasteiger partial charge in [0.15, 0.2) is 0 Å². The molecule has 29 heavy (non-hydrogen) atoms. The average Bonchev–Trinajstić information content (AvgIpc) is 3.55. The number of benzene rings is 2. The monoisotopic (exact) mass is 391 g/mol. The van der Waals surface area contributed by atoms with Crippen LogP contribution in [-0.2, 0) is 0 Å². The molecule has 5 heteroatoms. The Morgan fingerprint density at radius 2 is 1.76 bits per heavy atom. The Morgan fingerprint density at radius 1 is 1.03 bits per heavy atom. The van der Waals surface area contributed by atoms with Gasteiger partial charge in [0.2, 0.25) is 0 Å². The van der Waals surface area contributed by atoms with E-state index in [4.69, 9.17) is 9.72 Å². The number of fused-ring (bicyclic) bond motifs is 1. The van der Waals surface area contributed by atoms with Crippen molar-refractivity contribution >= 4 is 17.3 Å². The standard InChI is InChI=1S/C18H16N2O2.C6H13N/c1-22-15-7-5-14(6-8-15)20-17-9-2-12(11-21)10-16(17)19-18(20)13-3-4-13;1-7-5-3-2-4-6-7/h2,5-11,13H,3-4H2,1H3;2-6H2,1H3. The zero-order valence-corrected chi connectivity index (χ0v) is 17.3. The minimum atomic E-state index is 0.522. The topological polar surface area (TPSA) is 47.4 Å². The molecule has 0 unspecified atom stereocenters. The molecule has 5 nitrogen and oxygen atoms in total. The highest BCUT2D eigenvalue weighted by Gasteiger charge is 2.30. The second kappa shape index (κ2) is 8.78. The summed E-state index contributed by atoms with van der Waals surface area (Å²) >= 11 is 0. The number of hydrogen-bond acceptors (Lipinski definition) is 4. The molecule has 1 aliphatic heterocycles. The number of likely N-dealkylation sites (tertiary alicyclic amines) is 1. The molecule has 0 amide bonds. The predicted octanol–water partition coefficient (Wildman–Crippen LogP) is 4.83. The maximum Gasteiger partial charge on any atom is 0.150 e. The predicted molar refractivity (Wildman–Crippen MR) is 116 cm³/mol. The number of ether oxygens (including phenoxy) is 1. The molecule has 2 aromatic carbocycles. The van der Waals surface area contributed by atoms with Crippen LogP contribution < -0.4 is 4.74 Å². The van der Waals surface area contributed by atoms with E-state index >= 15 is 0 Å². The maximum atomic E-state index is 11.0. The fraction of sp³-hybridized carbons (Fsp3) is 0.417. The van der Waals surface area contributed by atoms with Crippen molar-refractivity contribution in [2.75, 3.05) is 27.2 Å². The van der Waals surface area contributed by atoms with Gasteiger partial charge in [0.25, 0.3) is 0 Å². The van der Waals surface area contributed by atoms with Crippen LogP contribution in [0.15, 0.2) is 42.5 Å². The summed E-state index contributed by atoms with van der Waals surface area (Å²) in [6, 6.07) is 13.7. The quantitative estimate of drug-likeness (QED) is 0.598. The first kappa shape index (κ1) is 19.6. The first-order valence-corrected chi connectivity index (χ1v) is 10.5. The summed E-state index contributed by atoms with van der Waals surface area (Å²) in [4.78, 5) is 18.1. The summed E-state index contributed by atoms with van der Waals surface area (Å²) in [6.07, 6.45) is 7.50. The number of aldehydes is 1. The van der Waals surface area contributed by atoms with Crippen molar-refractivity contribution in [1.29, 1.82) is 0 Å². The normalized spacial score (nSPS) is 16.9. The molecule has 5 rings (SSSR count). The zero-order valence-electron chi connectivity index (χ0n) is 17.3. The molecular weight excluding hydrogens is 362 g/mol. The van der Waals surface area contributed by atoms with Crippen molar-refractivity contribution in [3.8, 4) is 11.4 Å². The summed E-state index contributed by atoms with van der Waals surface area (Å²) in [5.41, 5.74) is 3.65. The number of nitrogens with zero attached hydrogens (tertiary/aromatic N) is 3. The van der Waals surface area contributed by atoms with E-state index in [1.165, 1.54) is 45.2 Å². The number of piperidine rings is 1. The van der Waals surface area contributed by atoms with Gasteiger partial charge in [-0.3, -0.25) is 9.36 Å². The van der Waals surface area contributed by atoms with Crippen molar-refractivity contribution in [3.63, 3.8) is 0 Å². The number of carbonyl (C=O) groups is 1. The summed E-state index contributed by atoms with van der Waals surface area (Å²) in [5.74, 6) is 2.45. The van der Waals surface area contributed by atoms with E-state index in [2.05, 4.69) is 16.5 Å². The lowest BCUT2D eigenvalue weighted by Crippen LogP contribution is -2.24. The molecule has 1 aromatic heterocycles. The number of carbonyl (C=O) groups excluding carboxylic acids is 1. The lowest BCUT2D eigenvalue weighted by Gasteiger charge is -2.20. The van der Waals surface area contributed by atoms with E-state index in [0.29, 0.717) is 11.5 Å². The molecule has 2 heterocycles. The van der Waals surface area contributed by atoms with Crippen LogP contribution in [0.3, 0.4) is 0 Å². The minimum absolute atomic E-state index is 0.522. The molecule has 1 saturated carbocycles. The average molecular weight is 392 g/mol. The molecule has 0 N–H and O–H groups in total. The van der Waals surface area contributed by atoms with E-state index in [1.54, 1.807) is 7.11 Å². The molecule has 0 atom stereocenters. The van der Waals surface area contributed by atoms with Crippen LogP contribution in [0.2, 0.25) is 0 Å². The number of rotatable bonds is 4. The van der Waals surface area contributed by atoms with Crippen LogP contribution >= 0.6 is 0 Å². The Labute approximate surface area is 172 Å². The Balaban J connectivity index is 0.000000249. The third-order valence-corrected chi connectivity index (χ3v) is 5.69. The van der Waals surface area contributed by atoms with Crippen LogP contribution in [0.1, 0.15) is 54.2 Å². The van der Waals surface area contributed by atoms with E-state index in [-0.39, 0.29) is 0 Å². The van der Waals surface area contributed by atoms with Gasteiger partial charge in [0, 0.05) is 17.2 Å². The van der Waals surface area contributed by atoms with E-state index in [0.717, 1.165) is 34.6 Å². The molecule has 2 fully saturated rings. The largest absolute Gasteiger partial charge is 0.497 e. The highest BCUT2D eigenvalue weighted by atomic mass is 16.5. The van der Waals surface area contributed by atoms with Gasteiger partial charge in [-0.1, -0.05) is 6.42 Å². The molecule has 0 spiro atoms. The van der Waals surface area contributed by atoms with E-state index in [1.807, 2.05) is 42.5 Å². The third kappa shape index (κ3) is 4.51. The lowest BCUT2D eigenvalue weighted by atomic mass is 10.1. The minimum Gasteiger partial charge on any atom is -0.497 e. The number of hydrogen-bond donors (Lipinski definition) is 0. The first-order chi connectivity index (χ1) is 14.2. The van der Waals surface area contributed by atoms with Crippen LogP contribution in [-0.4, -0.2) is 48.0 Å². The van der Waals surface area contributed by atoms with Crippen LogP contribution in [0, 0.1) is 0 Å². The Morgan fingerprint density at radius 3 is 2.31 bits per heavy atom. The molecule has 3 aromatic rings. The number of methoxy groups -OCH3 is 1. The molecule has 2 aliphatic rings. The highest BCUT2D eigenvalue weighted by molar-refractivity contribution is 5.86. The Bertz CT molecular complexity index is 968. The van der Waals surface area contributed by atoms with Crippen LogP contribution in [0.5, 0.6) is 5.75 Å². The second-order valence-electron chi connectivity index (χ2n) is 8.01. The molecule has 152 valence electrons. The van der Waals surface area contributed by atoms with E-state index in [9.17, 15) is 4.79 Å². The van der Waals surface area contributed by atoms with E-state index < -0.39 is 0 Å². The second-order valence-corrected chi connectivity index (χ2v) is 8.01. The third-order valence-electron chi connectivity index (χ3n) is 5.69. The van der Waals surface area contributed by atoms with Gasteiger partial charge in [-0.25, -0.2) is 4.98 Å². The van der Waals surface area contributed by atoms with Crippen molar-refractivity contribution < 1.29 is 9.53 Å². The molecular formula is C24H29N3O2. The summed E-state index contributed by atoms with van der Waals surface area (Å²) in [7, 11) is 3.86. The van der Waals surface area contributed by atoms with Gasteiger partial charge >= 0.3 is 0 Å². The highest BCUT2D eigenvalue weighted by Crippen LogP contribution is 2.42. The Kier molecular flexibility index (Phi) is 5.95. The van der Waals surface area contributed by atoms with Crippen molar-refractivity contribution in [1.82, 2.24) is 14.5 Å². The zero-order chi connectivity index (χ0) is 20.2. The molecule has 0 radical (unpaired) electrons. The van der Waals surface area contributed by atoms with Gasteiger partial charge in [-0.05, 0) is 88.3 Å². The molecule has 0 bridgehead atoms. The summed E-state index contributed by atoms with van der Waals surface area (Å²) < 4.78 is 7.43. The summed E-state index contributed by atoms with van der Waals surface area (Å²) in [6.45, 7) is 2.64. The SMILES string of the molecule is CN1CCCCC1.COc1ccc(-n2c(C3CC3)nc3cc(C=O)ccc32)cc1. The fourth-order valence-electron chi connectivity index (χ4n) is 3.86. The molecule has 1 aliphatic carbocycles. The fourth-order valence-corrected chi connectivity index (χ4v) is 3.86. The van der Waals surface area contributed by atoms with Crippen LogP contribution in [0.25, 0.3) is 16.7 Å². The smallest absolute Gasteiger partial charge is 0.150 e. The van der Waals surface area contributed by atoms with Crippen molar-refractivity contribution in [2.45, 2.75) is 38.0 Å². The number of aromatic nitrogens is 2. The molecule has 1 saturated heterocycles. The number of imidazole rings is 1.